The lowest BCUT2D eigenvalue weighted by molar-refractivity contribution is 0.0924. The van der Waals surface area contributed by atoms with Crippen molar-refractivity contribution >= 4 is 5.91 Å². The number of carbonyl (C=O) groups is 1. The third-order valence-corrected chi connectivity index (χ3v) is 4.75. The van der Waals surface area contributed by atoms with E-state index in [-0.39, 0.29) is 11.9 Å². The molecule has 0 unspecified atom stereocenters. The molecule has 0 radical (unpaired) electrons. The molecule has 1 saturated heterocycles. The standard InChI is InChI=1S/C21H26N2O/c1-17-9-8-12-19(15-17)21(24)22-16-20(18-10-4-2-5-11-18)23-13-6-3-7-14-23/h2,4-5,8-12,15,20H,3,6-7,13-14,16H2,1H3,(H,22,24)/t20-/m0/s1. The number of hydrogen-bond donors (Lipinski definition) is 1. The van der Waals surface area contributed by atoms with Crippen molar-refractivity contribution in [1.29, 1.82) is 0 Å². The third-order valence-electron chi connectivity index (χ3n) is 4.75. The van der Waals surface area contributed by atoms with Crippen LogP contribution >= 0.6 is 0 Å². The molecule has 3 nitrogen and oxygen atoms in total. The summed E-state index contributed by atoms with van der Waals surface area (Å²) in [6, 6.07) is 18.5. The molecule has 1 N–H and O–H groups in total. The zero-order chi connectivity index (χ0) is 16.8. The van der Waals surface area contributed by atoms with Crippen molar-refractivity contribution in [2.75, 3.05) is 19.6 Å². The fourth-order valence-corrected chi connectivity index (χ4v) is 3.44. The molecule has 2 aromatic carbocycles. The number of amides is 1. The van der Waals surface area contributed by atoms with Gasteiger partial charge in [-0.15, -0.1) is 0 Å². The second kappa shape index (κ2) is 8.11. The van der Waals surface area contributed by atoms with Gasteiger partial charge in [0.05, 0.1) is 6.04 Å². The summed E-state index contributed by atoms with van der Waals surface area (Å²) in [6.45, 7) is 4.88. The fraction of sp³-hybridized carbons (Fsp3) is 0.381. The number of aryl methyl sites for hydroxylation is 1. The van der Waals surface area contributed by atoms with Gasteiger partial charge in [0.15, 0.2) is 0 Å². The van der Waals surface area contributed by atoms with E-state index >= 15 is 0 Å². The first-order chi connectivity index (χ1) is 11.7. The molecular formula is C21H26N2O. The smallest absolute Gasteiger partial charge is 0.251 e. The molecule has 3 heteroatoms. The van der Waals surface area contributed by atoms with Gasteiger partial charge in [0.25, 0.3) is 5.91 Å². The van der Waals surface area contributed by atoms with Crippen molar-refractivity contribution < 1.29 is 4.79 Å². The maximum Gasteiger partial charge on any atom is 0.251 e. The lowest BCUT2D eigenvalue weighted by Gasteiger charge is -2.35. The van der Waals surface area contributed by atoms with E-state index in [1.165, 1.54) is 24.8 Å². The maximum absolute atomic E-state index is 12.5. The molecule has 24 heavy (non-hydrogen) atoms. The summed E-state index contributed by atoms with van der Waals surface area (Å²) in [5.41, 5.74) is 3.13. The van der Waals surface area contributed by atoms with Gasteiger partial charge in [-0.1, -0.05) is 54.4 Å². The highest BCUT2D eigenvalue weighted by molar-refractivity contribution is 5.94. The average Bonchev–Trinajstić information content (AvgIpc) is 2.63. The predicted molar refractivity (Wildman–Crippen MR) is 98.1 cm³/mol. The molecule has 1 aliphatic rings. The largest absolute Gasteiger partial charge is 0.350 e. The monoisotopic (exact) mass is 322 g/mol. The topological polar surface area (TPSA) is 32.3 Å². The summed E-state index contributed by atoms with van der Waals surface area (Å²) < 4.78 is 0. The number of nitrogens with one attached hydrogen (secondary N) is 1. The molecule has 0 saturated carbocycles. The Labute approximate surface area is 144 Å². The predicted octanol–water partition coefficient (Wildman–Crippen LogP) is 3.95. The van der Waals surface area contributed by atoms with Gasteiger partial charge in [0.2, 0.25) is 0 Å². The summed E-state index contributed by atoms with van der Waals surface area (Å²) in [5.74, 6) is 0.0108. The number of piperidine rings is 1. The summed E-state index contributed by atoms with van der Waals surface area (Å²) in [5, 5.41) is 3.14. The fourth-order valence-electron chi connectivity index (χ4n) is 3.44. The minimum Gasteiger partial charge on any atom is -0.350 e. The molecule has 0 spiro atoms. The van der Waals surface area contributed by atoms with Crippen molar-refractivity contribution in [2.24, 2.45) is 0 Å². The zero-order valence-electron chi connectivity index (χ0n) is 14.4. The first kappa shape index (κ1) is 16.7. The first-order valence-corrected chi connectivity index (χ1v) is 8.88. The Morgan fingerprint density at radius 1 is 1.04 bits per heavy atom. The second-order valence-corrected chi connectivity index (χ2v) is 6.60. The summed E-state index contributed by atoms with van der Waals surface area (Å²) >= 11 is 0. The molecule has 0 aliphatic carbocycles. The van der Waals surface area contributed by atoms with Crippen LogP contribution in [0.4, 0.5) is 0 Å². The molecule has 1 fully saturated rings. The molecule has 126 valence electrons. The van der Waals surface area contributed by atoms with Crippen LogP contribution in [0.1, 0.15) is 46.8 Å². The summed E-state index contributed by atoms with van der Waals surface area (Å²) in [6.07, 6.45) is 3.80. The number of carbonyl (C=O) groups excluding carboxylic acids is 1. The molecule has 2 aromatic rings. The molecule has 0 aromatic heterocycles. The van der Waals surface area contributed by atoms with Crippen LogP contribution in [0.3, 0.4) is 0 Å². The normalized spacial score (nSPS) is 16.5. The van der Waals surface area contributed by atoms with Gasteiger partial charge in [-0.3, -0.25) is 9.69 Å². The van der Waals surface area contributed by atoms with Crippen molar-refractivity contribution in [3.8, 4) is 0 Å². The quantitative estimate of drug-likeness (QED) is 0.904. The molecule has 1 amide bonds. The van der Waals surface area contributed by atoms with Crippen LogP contribution in [0.5, 0.6) is 0 Å². The van der Waals surface area contributed by atoms with Crippen molar-refractivity contribution in [1.82, 2.24) is 10.2 Å². The zero-order valence-corrected chi connectivity index (χ0v) is 14.4. The van der Waals surface area contributed by atoms with E-state index in [4.69, 9.17) is 0 Å². The number of likely N-dealkylation sites (tertiary alicyclic amines) is 1. The summed E-state index contributed by atoms with van der Waals surface area (Å²) in [4.78, 5) is 15.0. The van der Waals surface area contributed by atoms with Crippen molar-refractivity contribution in [3.63, 3.8) is 0 Å². The minimum absolute atomic E-state index is 0.0108. The maximum atomic E-state index is 12.5. The lowest BCUT2D eigenvalue weighted by Crippen LogP contribution is -2.40. The first-order valence-electron chi connectivity index (χ1n) is 8.88. The van der Waals surface area contributed by atoms with Crippen LogP contribution in [0.15, 0.2) is 54.6 Å². The number of rotatable bonds is 5. The van der Waals surface area contributed by atoms with Gasteiger partial charge >= 0.3 is 0 Å². The van der Waals surface area contributed by atoms with Gasteiger partial charge in [-0.2, -0.15) is 0 Å². The Bertz CT molecular complexity index is 663. The van der Waals surface area contributed by atoms with E-state index in [0.717, 1.165) is 24.2 Å². The lowest BCUT2D eigenvalue weighted by atomic mass is 10.0. The SMILES string of the molecule is Cc1cccc(C(=O)NC[C@@H](c2ccccc2)N2CCCCC2)c1. The highest BCUT2D eigenvalue weighted by Gasteiger charge is 2.22. The molecule has 1 aliphatic heterocycles. The molecular weight excluding hydrogens is 296 g/mol. The summed E-state index contributed by atoms with van der Waals surface area (Å²) in [7, 11) is 0. The molecule has 1 atom stereocenters. The molecule has 0 bridgehead atoms. The Morgan fingerprint density at radius 3 is 2.50 bits per heavy atom. The van der Waals surface area contributed by atoms with Crippen LogP contribution < -0.4 is 5.32 Å². The van der Waals surface area contributed by atoms with E-state index in [1.54, 1.807) is 0 Å². The van der Waals surface area contributed by atoms with Crippen molar-refractivity contribution in [3.05, 3.63) is 71.3 Å². The Kier molecular flexibility index (Phi) is 5.65. The average molecular weight is 322 g/mol. The molecule has 1 heterocycles. The van der Waals surface area contributed by atoms with E-state index in [9.17, 15) is 4.79 Å². The van der Waals surface area contributed by atoms with Gasteiger partial charge in [0.1, 0.15) is 0 Å². The van der Waals surface area contributed by atoms with E-state index in [2.05, 4.69) is 34.5 Å². The van der Waals surface area contributed by atoms with E-state index < -0.39 is 0 Å². The van der Waals surface area contributed by atoms with Crippen LogP contribution in [0.25, 0.3) is 0 Å². The molecule has 3 rings (SSSR count). The Hall–Kier alpha value is -2.13. The highest BCUT2D eigenvalue weighted by atomic mass is 16.1. The number of nitrogens with zero attached hydrogens (tertiary/aromatic N) is 1. The van der Waals surface area contributed by atoms with Gasteiger partial charge in [-0.25, -0.2) is 0 Å². The second-order valence-electron chi connectivity index (χ2n) is 6.60. The van der Waals surface area contributed by atoms with Crippen LogP contribution in [0, 0.1) is 6.92 Å². The van der Waals surface area contributed by atoms with Gasteiger partial charge in [-0.05, 0) is 50.6 Å². The Balaban J connectivity index is 1.71. The third kappa shape index (κ3) is 4.24. The van der Waals surface area contributed by atoms with E-state index in [1.807, 2.05) is 37.3 Å². The van der Waals surface area contributed by atoms with Crippen LogP contribution in [-0.4, -0.2) is 30.4 Å². The van der Waals surface area contributed by atoms with E-state index in [0.29, 0.717) is 6.54 Å². The van der Waals surface area contributed by atoms with Crippen LogP contribution in [-0.2, 0) is 0 Å². The van der Waals surface area contributed by atoms with Crippen LogP contribution in [0.2, 0.25) is 0 Å². The highest BCUT2D eigenvalue weighted by Crippen LogP contribution is 2.24. The van der Waals surface area contributed by atoms with Crippen molar-refractivity contribution in [2.45, 2.75) is 32.2 Å². The Morgan fingerprint density at radius 2 is 1.79 bits per heavy atom. The van der Waals surface area contributed by atoms with Gasteiger partial charge < -0.3 is 5.32 Å². The number of hydrogen-bond acceptors (Lipinski definition) is 2. The number of benzene rings is 2. The minimum atomic E-state index is 0.0108. The van der Waals surface area contributed by atoms with Gasteiger partial charge in [0, 0.05) is 12.1 Å².